The molecule has 32 heavy (non-hydrogen) atoms. The van der Waals surface area contributed by atoms with Crippen LogP contribution in [0, 0.1) is 30.0 Å². The standard InChI is InChI=1S/C24H24FN5OS/c1-15-4-3-11-30(20(15)14-28-21-10-5-17(12-26)13-27-21)24(31)22-23(32-16(2)29-22)18-6-8-19(25)9-7-18/h5-10,13,15,20H,3-4,11,14H2,1-2H3,(H,27,28)/t15-,20-/m0/s1. The number of hydrogen-bond donors (Lipinski definition) is 1. The van der Waals surface area contributed by atoms with Crippen molar-refractivity contribution in [1.82, 2.24) is 14.9 Å². The van der Waals surface area contributed by atoms with E-state index in [1.807, 2.05) is 11.8 Å². The number of aromatic nitrogens is 2. The number of nitrogens with one attached hydrogen (secondary N) is 1. The van der Waals surface area contributed by atoms with E-state index in [4.69, 9.17) is 5.26 Å². The van der Waals surface area contributed by atoms with Crippen LogP contribution in [0.3, 0.4) is 0 Å². The summed E-state index contributed by atoms with van der Waals surface area (Å²) in [5.74, 6) is 0.577. The van der Waals surface area contributed by atoms with Crippen molar-refractivity contribution in [2.75, 3.05) is 18.4 Å². The molecule has 2 atom stereocenters. The van der Waals surface area contributed by atoms with E-state index in [1.54, 1.807) is 24.3 Å². The Bertz CT molecular complexity index is 1140. The molecule has 1 aliphatic heterocycles. The van der Waals surface area contributed by atoms with Crippen LogP contribution in [-0.4, -0.2) is 39.9 Å². The smallest absolute Gasteiger partial charge is 0.274 e. The van der Waals surface area contributed by atoms with Gasteiger partial charge in [-0.25, -0.2) is 14.4 Å². The van der Waals surface area contributed by atoms with Crippen LogP contribution in [0.4, 0.5) is 10.2 Å². The highest BCUT2D eigenvalue weighted by atomic mass is 32.1. The van der Waals surface area contributed by atoms with Crippen molar-refractivity contribution in [3.05, 3.63) is 64.7 Å². The Morgan fingerprint density at radius 3 is 2.78 bits per heavy atom. The third-order valence-electron chi connectivity index (χ3n) is 5.80. The molecule has 2 aromatic heterocycles. The molecule has 164 valence electrons. The number of anilines is 1. The molecule has 1 aromatic carbocycles. The zero-order valence-electron chi connectivity index (χ0n) is 18.0. The van der Waals surface area contributed by atoms with Crippen molar-refractivity contribution in [3.8, 4) is 16.5 Å². The summed E-state index contributed by atoms with van der Waals surface area (Å²) in [6, 6.07) is 11.7. The first kappa shape index (κ1) is 21.9. The summed E-state index contributed by atoms with van der Waals surface area (Å²) in [5, 5.41) is 13.1. The number of hydrogen-bond acceptors (Lipinski definition) is 6. The summed E-state index contributed by atoms with van der Waals surface area (Å²) >= 11 is 1.45. The van der Waals surface area contributed by atoms with Gasteiger partial charge in [0, 0.05) is 19.3 Å². The summed E-state index contributed by atoms with van der Waals surface area (Å²) in [5.41, 5.74) is 1.72. The molecule has 1 fully saturated rings. The first-order chi connectivity index (χ1) is 15.5. The third-order valence-corrected chi connectivity index (χ3v) is 6.82. The molecule has 1 aliphatic rings. The number of aryl methyl sites for hydroxylation is 1. The summed E-state index contributed by atoms with van der Waals surface area (Å²) < 4.78 is 13.4. The van der Waals surface area contributed by atoms with Gasteiger partial charge in [0.1, 0.15) is 23.4 Å². The lowest BCUT2D eigenvalue weighted by molar-refractivity contribution is 0.0535. The number of thiazole rings is 1. The summed E-state index contributed by atoms with van der Waals surface area (Å²) in [4.78, 5) is 25.1. The van der Waals surface area contributed by atoms with E-state index < -0.39 is 0 Å². The van der Waals surface area contributed by atoms with Crippen molar-refractivity contribution < 1.29 is 9.18 Å². The van der Waals surface area contributed by atoms with Crippen molar-refractivity contribution in [3.63, 3.8) is 0 Å². The van der Waals surface area contributed by atoms with Gasteiger partial charge < -0.3 is 10.2 Å². The van der Waals surface area contributed by atoms with Crippen molar-refractivity contribution in [2.24, 2.45) is 5.92 Å². The lowest BCUT2D eigenvalue weighted by atomic mass is 9.90. The number of halogens is 1. The number of piperidine rings is 1. The predicted molar refractivity (Wildman–Crippen MR) is 123 cm³/mol. The van der Waals surface area contributed by atoms with Crippen LogP contribution in [0.25, 0.3) is 10.4 Å². The van der Waals surface area contributed by atoms with E-state index in [9.17, 15) is 9.18 Å². The second-order valence-corrected chi connectivity index (χ2v) is 9.23. The largest absolute Gasteiger partial charge is 0.368 e. The maximum absolute atomic E-state index is 13.6. The molecule has 1 amide bonds. The topological polar surface area (TPSA) is 81.9 Å². The van der Waals surface area contributed by atoms with Gasteiger partial charge in [0.15, 0.2) is 0 Å². The molecular weight excluding hydrogens is 425 g/mol. The van der Waals surface area contributed by atoms with Gasteiger partial charge in [-0.15, -0.1) is 11.3 Å². The van der Waals surface area contributed by atoms with Crippen LogP contribution in [0.1, 0.15) is 40.8 Å². The van der Waals surface area contributed by atoms with Gasteiger partial charge in [-0.1, -0.05) is 19.1 Å². The number of likely N-dealkylation sites (tertiary alicyclic amines) is 1. The minimum atomic E-state index is -0.310. The predicted octanol–water partition coefficient (Wildman–Crippen LogP) is 4.88. The Morgan fingerprint density at radius 2 is 2.09 bits per heavy atom. The van der Waals surface area contributed by atoms with Crippen molar-refractivity contribution in [1.29, 1.82) is 5.26 Å². The molecule has 0 aliphatic carbocycles. The van der Waals surface area contributed by atoms with Crippen molar-refractivity contribution >= 4 is 23.1 Å². The maximum atomic E-state index is 13.6. The Kier molecular flexibility index (Phi) is 6.47. The van der Waals surface area contributed by atoms with E-state index in [1.165, 1.54) is 29.7 Å². The highest BCUT2D eigenvalue weighted by Crippen LogP contribution is 2.33. The van der Waals surface area contributed by atoms with Crippen LogP contribution in [0.5, 0.6) is 0 Å². The number of rotatable bonds is 5. The molecule has 1 saturated heterocycles. The van der Waals surface area contributed by atoms with Crippen molar-refractivity contribution in [2.45, 2.75) is 32.7 Å². The van der Waals surface area contributed by atoms with Crippen LogP contribution in [0.2, 0.25) is 0 Å². The van der Waals surface area contributed by atoms with E-state index in [-0.39, 0.29) is 17.8 Å². The minimum absolute atomic E-state index is 0.0169. The first-order valence-electron chi connectivity index (χ1n) is 10.6. The molecule has 0 bridgehead atoms. The van der Waals surface area contributed by atoms with Gasteiger partial charge in [0.05, 0.1) is 21.5 Å². The van der Waals surface area contributed by atoms with Gasteiger partial charge in [-0.05, 0) is 55.5 Å². The molecular formula is C24H24FN5OS. The molecule has 3 heterocycles. The van der Waals surface area contributed by atoms with E-state index in [0.29, 0.717) is 36.1 Å². The van der Waals surface area contributed by atoms with Crippen LogP contribution in [0.15, 0.2) is 42.6 Å². The molecule has 0 radical (unpaired) electrons. The van der Waals surface area contributed by atoms with Gasteiger partial charge >= 0.3 is 0 Å². The van der Waals surface area contributed by atoms with Crippen LogP contribution < -0.4 is 5.32 Å². The summed E-state index contributed by atoms with van der Waals surface area (Å²) in [6.07, 6.45) is 3.51. The third kappa shape index (κ3) is 4.63. The molecule has 1 N–H and O–H groups in total. The van der Waals surface area contributed by atoms with Crippen LogP contribution in [-0.2, 0) is 0 Å². The number of carbonyl (C=O) groups excluding carboxylic acids is 1. The fraction of sp³-hybridized carbons (Fsp3) is 0.333. The number of pyridine rings is 1. The quantitative estimate of drug-likeness (QED) is 0.601. The number of amides is 1. The Balaban J connectivity index is 1.57. The highest BCUT2D eigenvalue weighted by molar-refractivity contribution is 7.15. The normalized spacial score (nSPS) is 18.2. The molecule has 0 spiro atoms. The van der Waals surface area contributed by atoms with Crippen LogP contribution >= 0.6 is 11.3 Å². The zero-order valence-corrected chi connectivity index (χ0v) is 18.8. The molecule has 3 aromatic rings. The van der Waals surface area contributed by atoms with E-state index >= 15 is 0 Å². The first-order valence-corrected chi connectivity index (χ1v) is 11.4. The highest BCUT2D eigenvalue weighted by Gasteiger charge is 2.34. The number of benzene rings is 1. The SMILES string of the molecule is Cc1nc(C(=O)N2CCC[C@H](C)[C@@H]2CNc2ccc(C#N)cn2)c(-c2ccc(F)cc2)s1. The average Bonchev–Trinajstić information content (AvgIpc) is 3.20. The zero-order chi connectivity index (χ0) is 22.7. The number of carbonyl (C=O) groups is 1. The second-order valence-electron chi connectivity index (χ2n) is 8.03. The molecule has 8 heteroatoms. The lowest BCUT2D eigenvalue weighted by Gasteiger charge is -2.40. The van der Waals surface area contributed by atoms with Gasteiger partial charge in [0.2, 0.25) is 0 Å². The minimum Gasteiger partial charge on any atom is -0.368 e. The van der Waals surface area contributed by atoms with Gasteiger partial charge in [-0.3, -0.25) is 4.79 Å². The van der Waals surface area contributed by atoms with Gasteiger partial charge in [0.25, 0.3) is 5.91 Å². The van der Waals surface area contributed by atoms with E-state index in [0.717, 1.165) is 28.3 Å². The Morgan fingerprint density at radius 1 is 1.31 bits per heavy atom. The lowest BCUT2D eigenvalue weighted by Crippen LogP contribution is -2.51. The Hall–Kier alpha value is -3.31. The molecule has 6 nitrogen and oxygen atoms in total. The second kappa shape index (κ2) is 9.45. The molecule has 0 saturated carbocycles. The monoisotopic (exact) mass is 449 g/mol. The van der Waals surface area contributed by atoms with E-state index in [2.05, 4.69) is 28.3 Å². The number of nitrogens with zero attached hydrogens (tertiary/aromatic N) is 4. The van der Waals surface area contributed by atoms with Gasteiger partial charge in [-0.2, -0.15) is 5.26 Å². The molecule has 4 rings (SSSR count). The molecule has 0 unspecified atom stereocenters. The number of nitriles is 1. The maximum Gasteiger partial charge on any atom is 0.274 e. The fourth-order valence-corrected chi connectivity index (χ4v) is 5.01. The summed E-state index contributed by atoms with van der Waals surface area (Å²) in [7, 11) is 0. The Labute approximate surface area is 190 Å². The summed E-state index contributed by atoms with van der Waals surface area (Å²) in [6.45, 7) is 5.25. The fourth-order valence-electron chi connectivity index (χ4n) is 4.09. The average molecular weight is 450 g/mol.